The van der Waals surface area contributed by atoms with Gasteiger partial charge in [-0.15, -0.1) is 0 Å². The lowest BCUT2D eigenvalue weighted by Gasteiger charge is -2.19. The summed E-state index contributed by atoms with van der Waals surface area (Å²) in [5.74, 6) is 1.54. The van der Waals surface area contributed by atoms with E-state index in [-0.39, 0.29) is 9.52 Å². The first-order valence-electron chi connectivity index (χ1n) is 9.24. The summed E-state index contributed by atoms with van der Waals surface area (Å²) in [7, 11) is -0.197. The predicted molar refractivity (Wildman–Crippen MR) is 108 cm³/mol. The molecule has 0 saturated heterocycles. The molecule has 0 radical (unpaired) electrons. The van der Waals surface area contributed by atoms with E-state index in [1.807, 2.05) is 0 Å². The molecule has 1 aromatic rings. The lowest BCUT2D eigenvalue weighted by molar-refractivity contribution is 0.565. The van der Waals surface area contributed by atoms with Crippen LogP contribution >= 0.6 is 0 Å². The number of allylic oxidation sites excluding steroid dienone is 4. The molecule has 1 heteroatoms. The highest BCUT2D eigenvalue weighted by Crippen LogP contribution is 2.41. The summed E-state index contributed by atoms with van der Waals surface area (Å²) in [4.78, 5) is 0. The van der Waals surface area contributed by atoms with E-state index in [0.717, 1.165) is 11.8 Å². The first-order valence-corrected chi connectivity index (χ1v) is 10.9. The molecule has 2 rings (SSSR count). The van der Waals surface area contributed by atoms with E-state index < -0.39 is 0 Å². The third-order valence-corrected chi connectivity index (χ3v) is 7.42. The molecular formula is C22H34Si. The van der Waals surface area contributed by atoms with Gasteiger partial charge in [-0.1, -0.05) is 59.5 Å². The Morgan fingerprint density at radius 2 is 1.52 bits per heavy atom. The number of rotatable bonds is 6. The molecule has 1 atom stereocenters. The molecule has 0 aliphatic heterocycles. The van der Waals surface area contributed by atoms with Crippen LogP contribution in [0.4, 0.5) is 0 Å². The summed E-state index contributed by atoms with van der Waals surface area (Å²) in [5, 5.41) is 1.64. The van der Waals surface area contributed by atoms with Crippen LogP contribution in [0.2, 0.25) is 6.04 Å². The summed E-state index contributed by atoms with van der Waals surface area (Å²) in [6.45, 7) is 16.2. The minimum Gasteiger partial charge on any atom is -0.0664 e. The van der Waals surface area contributed by atoms with E-state index in [2.05, 4.69) is 66.7 Å². The molecule has 1 aliphatic rings. The second-order valence-corrected chi connectivity index (χ2v) is 9.87. The van der Waals surface area contributed by atoms with Crippen LogP contribution in [-0.2, 0) is 0 Å². The van der Waals surface area contributed by atoms with Gasteiger partial charge in [0.05, 0.1) is 9.52 Å². The van der Waals surface area contributed by atoms with Crippen molar-refractivity contribution >= 4 is 14.7 Å². The Hall–Kier alpha value is -1.08. The quantitative estimate of drug-likeness (QED) is 0.628. The minimum absolute atomic E-state index is 0.197. The molecule has 0 bridgehead atoms. The Balaban J connectivity index is 2.12. The Kier molecular flexibility index (Phi) is 6.08. The van der Waals surface area contributed by atoms with Gasteiger partial charge in [-0.25, -0.2) is 0 Å². The molecule has 23 heavy (non-hydrogen) atoms. The Morgan fingerprint density at radius 3 is 2.09 bits per heavy atom. The average Bonchev–Trinajstić information content (AvgIpc) is 2.66. The standard InChI is InChI=1S/C22H34Si/c1-14(2)8-9-21-18(6)17(5)19(7)22(21)13-23-20-11-15(3)10-16(4)12-20/h10-12,14,22H,8-9,13,23H2,1-7H3. The van der Waals surface area contributed by atoms with Gasteiger partial charge in [0.15, 0.2) is 0 Å². The maximum absolute atomic E-state index is 2.42. The summed E-state index contributed by atoms with van der Waals surface area (Å²) in [6.07, 6.45) is 2.62. The fourth-order valence-corrected chi connectivity index (χ4v) is 6.38. The molecule has 1 aliphatic carbocycles. The van der Waals surface area contributed by atoms with Crippen molar-refractivity contribution < 1.29 is 0 Å². The van der Waals surface area contributed by atoms with Crippen molar-refractivity contribution in [1.29, 1.82) is 0 Å². The van der Waals surface area contributed by atoms with Crippen LogP contribution in [0.3, 0.4) is 0 Å². The van der Waals surface area contributed by atoms with Crippen LogP contribution in [0.1, 0.15) is 58.6 Å². The topological polar surface area (TPSA) is 0 Å². The molecular weight excluding hydrogens is 292 g/mol. The molecule has 0 aromatic heterocycles. The number of benzene rings is 1. The number of hydrogen-bond acceptors (Lipinski definition) is 0. The third-order valence-electron chi connectivity index (χ3n) is 5.57. The predicted octanol–water partition coefficient (Wildman–Crippen LogP) is 5.23. The molecule has 0 heterocycles. The molecule has 0 nitrogen and oxygen atoms in total. The van der Waals surface area contributed by atoms with Crippen molar-refractivity contribution in [3.05, 3.63) is 51.6 Å². The summed E-state index contributed by atoms with van der Waals surface area (Å²) in [5.41, 5.74) is 9.43. The summed E-state index contributed by atoms with van der Waals surface area (Å²) >= 11 is 0. The Bertz CT molecular complexity index is 611. The lowest BCUT2D eigenvalue weighted by Crippen LogP contribution is -2.19. The molecule has 0 spiro atoms. The molecule has 1 aromatic carbocycles. The van der Waals surface area contributed by atoms with Crippen LogP contribution in [0.15, 0.2) is 40.5 Å². The lowest BCUT2D eigenvalue weighted by atomic mass is 9.91. The average molecular weight is 327 g/mol. The van der Waals surface area contributed by atoms with Crippen molar-refractivity contribution in [3.63, 3.8) is 0 Å². The van der Waals surface area contributed by atoms with E-state index in [1.165, 1.54) is 30.0 Å². The Morgan fingerprint density at radius 1 is 0.913 bits per heavy atom. The normalized spacial score (nSPS) is 19.0. The van der Waals surface area contributed by atoms with Crippen LogP contribution < -0.4 is 5.19 Å². The first kappa shape index (κ1) is 18.3. The highest BCUT2D eigenvalue weighted by molar-refractivity contribution is 6.53. The van der Waals surface area contributed by atoms with Crippen molar-refractivity contribution in [2.24, 2.45) is 11.8 Å². The van der Waals surface area contributed by atoms with Crippen molar-refractivity contribution in [1.82, 2.24) is 0 Å². The molecule has 1 unspecified atom stereocenters. The van der Waals surface area contributed by atoms with E-state index in [4.69, 9.17) is 0 Å². The molecule has 0 saturated carbocycles. The van der Waals surface area contributed by atoms with Crippen LogP contribution in [0, 0.1) is 25.7 Å². The van der Waals surface area contributed by atoms with Gasteiger partial charge in [0.1, 0.15) is 0 Å². The monoisotopic (exact) mass is 326 g/mol. The molecule has 0 fully saturated rings. The second-order valence-electron chi connectivity index (χ2n) is 7.98. The van der Waals surface area contributed by atoms with Gasteiger partial charge in [0.25, 0.3) is 0 Å². The van der Waals surface area contributed by atoms with E-state index >= 15 is 0 Å². The maximum atomic E-state index is 2.42. The fraction of sp³-hybridized carbons (Fsp3) is 0.545. The zero-order valence-corrected chi connectivity index (χ0v) is 17.6. The van der Waals surface area contributed by atoms with Gasteiger partial charge in [0.2, 0.25) is 0 Å². The van der Waals surface area contributed by atoms with Crippen LogP contribution in [0.25, 0.3) is 0 Å². The third kappa shape index (κ3) is 4.47. The largest absolute Gasteiger partial charge is 0.0664 e. The van der Waals surface area contributed by atoms with E-state index in [1.54, 1.807) is 27.5 Å². The first-order chi connectivity index (χ1) is 10.8. The molecule has 126 valence electrons. The van der Waals surface area contributed by atoms with Gasteiger partial charge in [-0.3, -0.25) is 0 Å². The summed E-state index contributed by atoms with van der Waals surface area (Å²) in [6, 6.07) is 8.53. The SMILES string of the molecule is CC1=C(C)C(C[SiH2]c2cc(C)cc(C)c2)C(CCC(C)C)=C1C. The van der Waals surface area contributed by atoms with Crippen molar-refractivity contribution in [2.75, 3.05) is 0 Å². The smallest absolute Gasteiger partial charge is 0.0556 e. The molecule has 0 amide bonds. The highest BCUT2D eigenvalue weighted by Gasteiger charge is 2.26. The van der Waals surface area contributed by atoms with Gasteiger partial charge < -0.3 is 0 Å². The zero-order chi connectivity index (χ0) is 17.1. The van der Waals surface area contributed by atoms with Crippen molar-refractivity contribution in [2.45, 2.75) is 67.4 Å². The second kappa shape index (κ2) is 7.66. The van der Waals surface area contributed by atoms with Gasteiger partial charge in [-0.2, -0.15) is 0 Å². The van der Waals surface area contributed by atoms with Crippen molar-refractivity contribution in [3.8, 4) is 0 Å². The van der Waals surface area contributed by atoms with Crippen LogP contribution in [0.5, 0.6) is 0 Å². The van der Waals surface area contributed by atoms with Gasteiger partial charge in [0, 0.05) is 0 Å². The highest BCUT2D eigenvalue weighted by atomic mass is 28.2. The zero-order valence-electron chi connectivity index (χ0n) is 16.2. The number of aryl methyl sites for hydroxylation is 2. The molecule has 0 N–H and O–H groups in total. The minimum atomic E-state index is -0.197. The van der Waals surface area contributed by atoms with Gasteiger partial charge >= 0.3 is 0 Å². The summed E-state index contributed by atoms with van der Waals surface area (Å²) < 4.78 is 0. The number of hydrogen-bond donors (Lipinski definition) is 0. The Labute approximate surface area is 145 Å². The van der Waals surface area contributed by atoms with E-state index in [0.29, 0.717) is 0 Å². The van der Waals surface area contributed by atoms with Crippen LogP contribution in [-0.4, -0.2) is 9.52 Å². The van der Waals surface area contributed by atoms with E-state index in [9.17, 15) is 0 Å². The maximum Gasteiger partial charge on any atom is 0.0556 e. The fourth-order valence-electron chi connectivity index (χ4n) is 4.04. The van der Waals surface area contributed by atoms with Gasteiger partial charge in [-0.05, 0) is 76.5 Å².